The molecule has 22 heavy (non-hydrogen) atoms. The van der Waals surface area contributed by atoms with Crippen LogP contribution >= 0.6 is 0 Å². The lowest BCUT2D eigenvalue weighted by molar-refractivity contribution is 0.599. The van der Waals surface area contributed by atoms with Crippen LogP contribution in [-0.2, 0) is 17.1 Å². The summed E-state index contributed by atoms with van der Waals surface area (Å²) in [7, 11) is -1.50. The maximum atomic E-state index is 12.1. The molecule has 1 aromatic carbocycles. The van der Waals surface area contributed by atoms with Crippen LogP contribution in [0.2, 0.25) is 0 Å². The Hall–Kier alpha value is -2.08. The fourth-order valence-corrected chi connectivity index (χ4v) is 4.35. The Morgan fingerprint density at radius 2 is 1.82 bits per heavy atom. The van der Waals surface area contributed by atoms with Crippen LogP contribution in [0.5, 0.6) is 0 Å². The van der Waals surface area contributed by atoms with Crippen molar-refractivity contribution < 1.29 is 8.42 Å². The van der Waals surface area contributed by atoms with Crippen LogP contribution in [-0.4, -0.2) is 25.3 Å². The smallest absolute Gasteiger partial charge is 0.250 e. The molecule has 0 radical (unpaired) electrons. The Morgan fingerprint density at radius 3 is 2.45 bits per heavy atom. The second-order valence-corrected chi connectivity index (χ2v) is 7.62. The summed E-state index contributed by atoms with van der Waals surface area (Å²) in [5, 5.41) is 0. The quantitative estimate of drug-likeness (QED) is 0.850. The maximum Gasteiger partial charge on any atom is 0.250 e. The Bertz CT molecular complexity index is 885. The van der Waals surface area contributed by atoms with Gasteiger partial charge in [0.2, 0.25) is 15.6 Å². The van der Waals surface area contributed by atoms with E-state index < -0.39 is 10.0 Å². The number of rotatable bonds is 2. The summed E-state index contributed by atoms with van der Waals surface area (Å²) in [6, 6.07) is 9.03. The third-order valence-corrected chi connectivity index (χ3v) is 5.85. The number of sulfonamides is 1. The molecule has 1 aliphatic heterocycles. The van der Waals surface area contributed by atoms with Crippen molar-refractivity contribution >= 4 is 15.7 Å². The zero-order valence-electron chi connectivity index (χ0n) is 12.6. The van der Waals surface area contributed by atoms with Crippen molar-refractivity contribution in [3.05, 3.63) is 52.4 Å². The third-order valence-electron chi connectivity index (χ3n) is 4.00. The highest BCUT2D eigenvalue weighted by Crippen LogP contribution is 2.31. The number of nitrogens with zero attached hydrogens (tertiary/aromatic N) is 2. The maximum absolute atomic E-state index is 12.1. The van der Waals surface area contributed by atoms with Crippen LogP contribution in [0.3, 0.4) is 0 Å². The molecular formula is C16H18N2O3S. The molecule has 0 atom stereocenters. The lowest BCUT2D eigenvalue weighted by atomic mass is 10.0. The average molecular weight is 318 g/mol. The van der Waals surface area contributed by atoms with Crippen molar-refractivity contribution in [1.29, 1.82) is 0 Å². The molecule has 1 fully saturated rings. The molecule has 0 unspecified atom stereocenters. The standard InChI is InChI=1S/C16H18N2O3S/c1-12-4-5-13(14-6-7-16(19)17(2)11-14)10-15(12)18-8-3-9-22(18,20)21/h4-7,10-11H,3,8-9H2,1-2H3. The van der Waals surface area contributed by atoms with Crippen molar-refractivity contribution in [3.63, 3.8) is 0 Å². The van der Waals surface area contributed by atoms with Crippen LogP contribution in [0.25, 0.3) is 11.1 Å². The zero-order chi connectivity index (χ0) is 15.9. The molecule has 2 heterocycles. The summed E-state index contributed by atoms with van der Waals surface area (Å²) in [4.78, 5) is 11.5. The number of aryl methyl sites for hydroxylation is 2. The average Bonchev–Trinajstić information content (AvgIpc) is 2.82. The van der Waals surface area contributed by atoms with Crippen LogP contribution in [0.4, 0.5) is 5.69 Å². The highest BCUT2D eigenvalue weighted by atomic mass is 32.2. The van der Waals surface area contributed by atoms with E-state index in [1.807, 2.05) is 25.1 Å². The Labute approximate surface area is 129 Å². The number of pyridine rings is 1. The van der Waals surface area contributed by atoms with E-state index in [2.05, 4.69) is 0 Å². The van der Waals surface area contributed by atoms with Crippen molar-refractivity contribution in [3.8, 4) is 11.1 Å². The summed E-state index contributed by atoms with van der Waals surface area (Å²) in [6.07, 6.45) is 2.42. The van der Waals surface area contributed by atoms with Crippen LogP contribution < -0.4 is 9.86 Å². The van der Waals surface area contributed by atoms with E-state index in [-0.39, 0.29) is 11.3 Å². The molecule has 0 N–H and O–H groups in total. The fraction of sp³-hybridized carbons (Fsp3) is 0.312. The summed E-state index contributed by atoms with van der Waals surface area (Å²) >= 11 is 0. The van der Waals surface area contributed by atoms with Crippen LogP contribution in [0.1, 0.15) is 12.0 Å². The molecule has 0 amide bonds. The zero-order valence-corrected chi connectivity index (χ0v) is 13.4. The van der Waals surface area contributed by atoms with Gasteiger partial charge >= 0.3 is 0 Å². The summed E-state index contributed by atoms with van der Waals surface area (Å²) in [5.41, 5.74) is 3.37. The second kappa shape index (κ2) is 5.28. The molecular weight excluding hydrogens is 300 g/mol. The van der Waals surface area contributed by atoms with E-state index in [0.29, 0.717) is 13.0 Å². The molecule has 6 heteroatoms. The Morgan fingerprint density at radius 1 is 1.09 bits per heavy atom. The minimum atomic E-state index is -3.20. The van der Waals surface area contributed by atoms with Gasteiger partial charge in [0.15, 0.2) is 0 Å². The van der Waals surface area contributed by atoms with Gasteiger partial charge in [0, 0.05) is 25.9 Å². The number of aromatic nitrogens is 1. The van der Waals surface area contributed by atoms with Gasteiger partial charge in [-0.2, -0.15) is 0 Å². The molecule has 0 saturated carbocycles. The van der Waals surface area contributed by atoms with Crippen LogP contribution in [0.15, 0.2) is 41.3 Å². The molecule has 1 aliphatic rings. The molecule has 5 nitrogen and oxygen atoms in total. The van der Waals surface area contributed by atoms with E-state index in [0.717, 1.165) is 22.4 Å². The topological polar surface area (TPSA) is 59.4 Å². The van der Waals surface area contributed by atoms with Gasteiger partial charge in [-0.1, -0.05) is 12.1 Å². The van der Waals surface area contributed by atoms with Gasteiger partial charge in [-0.05, 0) is 42.2 Å². The molecule has 0 aliphatic carbocycles. The van der Waals surface area contributed by atoms with Gasteiger partial charge in [-0.25, -0.2) is 8.42 Å². The Kier molecular flexibility index (Phi) is 3.56. The van der Waals surface area contributed by atoms with Gasteiger partial charge in [-0.15, -0.1) is 0 Å². The van der Waals surface area contributed by atoms with Crippen molar-refractivity contribution in [2.24, 2.45) is 7.05 Å². The molecule has 0 spiro atoms. The van der Waals surface area contributed by atoms with Crippen molar-refractivity contribution in [2.75, 3.05) is 16.6 Å². The highest BCUT2D eigenvalue weighted by molar-refractivity contribution is 7.93. The first-order chi connectivity index (χ1) is 10.4. The summed E-state index contributed by atoms with van der Waals surface area (Å²) in [5.74, 6) is 0.205. The number of benzene rings is 1. The first-order valence-corrected chi connectivity index (χ1v) is 8.77. The molecule has 116 valence electrons. The lowest BCUT2D eigenvalue weighted by Crippen LogP contribution is -2.25. The van der Waals surface area contributed by atoms with Gasteiger partial charge < -0.3 is 4.57 Å². The number of hydrogen-bond donors (Lipinski definition) is 0. The second-order valence-electron chi connectivity index (χ2n) is 5.61. The SMILES string of the molecule is Cc1ccc(-c2ccc(=O)n(C)c2)cc1N1CCCS1(=O)=O. The highest BCUT2D eigenvalue weighted by Gasteiger charge is 2.29. The normalized spacial score (nSPS) is 16.9. The number of anilines is 1. The third kappa shape index (κ3) is 2.54. The monoisotopic (exact) mass is 318 g/mol. The largest absolute Gasteiger partial charge is 0.318 e. The van der Waals surface area contributed by atoms with Gasteiger partial charge in [0.25, 0.3) is 0 Å². The number of hydrogen-bond acceptors (Lipinski definition) is 3. The van der Waals surface area contributed by atoms with E-state index in [1.54, 1.807) is 19.3 Å². The van der Waals surface area contributed by atoms with E-state index in [4.69, 9.17) is 0 Å². The van der Waals surface area contributed by atoms with Crippen molar-refractivity contribution in [2.45, 2.75) is 13.3 Å². The van der Waals surface area contributed by atoms with Gasteiger partial charge in [0.05, 0.1) is 11.4 Å². The van der Waals surface area contributed by atoms with E-state index in [9.17, 15) is 13.2 Å². The summed E-state index contributed by atoms with van der Waals surface area (Å²) in [6.45, 7) is 2.44. The van der Waals surface area contributed by atoms with Crippen LogP contribution in [0, 0.1) is 6.92 Å². The van der Waals surface area contributed by atoms with Gasteiger partial charge in [-0.3, -0.25) is 9.10 Å². The first kappa shape index (κ1) is 14.8. The molecule has 1 saturated heterocycles. The lowest BCUT2D eigenvalue weighted by Gasteiger charge is -2.20. The summed E-state index contributed by atoms with van der Waals surface area (Å²) < 4.78 is 27.3. The molecule has 1 aromatic heterocycles. The van der Waals surface area contributed by atoms with E-state index >= 15 is 0 Å². The first-order valence-electron chi connectivity index (χ1n) is 7.16. The predicted octanol–water partition coefficient (Wildman–Crippen LogP) is 1.90. The van der Waals surface area contributed by atoms with Gasteiger partial charge in [0.1, 0.15) is 0 Å². The molecule has 0 bridgehead atoms. The van der Waals surface area contributed by atoms with Crippen molar-refractivity contribution in [1.82, 2.24) is 4.57 Å². The Balaban J connectivity index is 2.10. The fourth-order valence-electron chi connectivity index (χ4n) is 2.73. The molecule has 3 rings (SSSR count). The molecule has 2 aromatic rings. The van der Waals surface area contributed by atoms with E-state index in [1.165, 1.54) is 14.9 Å². The minimum Gasteiger partial charge on any atom is -0.318 e. The predicted molar refractivity (Wildman–Crippen MR) is 87.6 cm³/mol. The minimum absolute atomic E-state index is 0.0711.